The first kappa shape index (κ1) is 16.3. The fourth-order valence-electron chi connectivity index (χ4n) is 2.60. The van der Waals surface area contributed by atoms with Gasteiger partial charge in [0.1, 0.15) is 0 Å². The van der Waals surface area contributed by atoms with Gasteiger partial charge in [0.2, 0.25) is 0 Å². The van der Waals surface area contributed by atoms with Crippen LogP contribution in [0.3, 0.4) is 0 Å². The Balaban J connectivity index is 2.13. The minimum atomic E-state index is -0.751. The largest absolute Gasteiger partial charge is 0.481 e. The third kappa shape index (κ3) is 4.20. The number of hydrogen-bond donors (Lipinski definition) is 1. The summed E-state index contributed by atoms with van der Waals surface area (Å²) in [5.74, 6) is -1.20. The molecule has 2 aromatic carbocycles. The van der Waals surface area contributed by atoms with Gasteiger partial charge in [0.05, 0.1) is 5.92 Å². The molecule has 0 aliphatic carbocycles. The minimum Gasteiger partial charge on any atom is -0.481 e. The highest BCUT2D eigenvalue weighted by atomic mass is 16.4. The molecule has 0 saturated heterocycles. The molecule has 0 aromatic heterocycles. The molecular formula is C20H24O2. The molecule has 2 rings (SSSR count). The molecule has 2 nitrogen and oxygen atoms in total. The normalized spacial score (nSPS) is 12.9. The van der Waals surface area contributed by atoms with Crippen molar-refractivity contribution in [2.45, 2.75) is 44.9 Å². The Kier molecular flexibility index (Phi) is 5.02. The fraction of sp³-hybridized carbons (Fsp3) is 0.350. The van der Waals surface area contributed by atoms with Gasteiger partial charge in [0.15, 0.2) is 0 Å². The number of benzene rings is 2. The van der Waals surface area contributed by atoms with E-state index in [1.807, 2.05) is 54.6 Å². The Labute approximate surface area is 132 Å². The van der Waals surface area contributed by atoms with Gasteiger partial charge in [-0.15, -0.1) is 0 Å². The van der Waals surface area contributed by atoms with Crippen LogP contribution >= 0.6 is 0 Å². The second kappa shape index (κ2) is 6.78. The standard InChI is InChI=1S/C20H24O2/c1-20(2,3)17-12-10-16(11-13-17)18(19(21)22)14-9-15-7-5-4-6-8-15/h4-8,10-13,18H,9,14H2,1-3H3,(H,21,22). The van der Waals surface area contributed by atoms with Crippen molar-refractivity contribution < 1.29 is 9.90 Å². The average molecular weight is 296 g/mol. The van der Waals surface area contributed by atoms with Crippen LogP contribution in [-0.4, -0.2) is 11.1 Å². The smallest absolute Gasteiger partial charge is 0.310 e. The lowest BCUT2D eigenvalue weighted by Crippen LogP contribution is -2.14. The topological polar surface area (TPSA) is 37.3 Å². The zero-order chi connectivity index (χ0) is 16.2. The van der Waals surface area contributed by atoms with Gasteiger partial charge in [-0.3, -0.25) is 4.79 Å². The van der Waals surface area contributed by atoms with Gasteiger partial charge >= 0.3 is 5.97 Å². The maximum atomic E-state index is 11.6. The molecule has 0 spiro atoms. The molecule has 2 aromatic rings. The van der Waals surface area contributed by atoms with Crippen LogP contribution in [0, 0.1) is 0 Å². The molecule has 0 fully saturated rings. The number of aryl methyl sites for hydroxylation is 1. The van der Waals surface area contributed by atoms with E-state index in [1.165, 1.54) is 11.1 Å². The monoisotopic (exact) mass is 296 g/mol. The van der Waals surface area contributed by atoms with E-state index >= 15 is 0 Å². The van der Waals surface area contributed by atoms with E-state index < -0.39 is 11.9 Å². The van der Waals surface area contributed by atoms with Crippen molar-refractivity contribution in [3.63, 3.8) is 0 Å². The minimum absolute atomic E-state index is 0.0846. The van der Waals surface area contributed by atoms with Gasteiger partial charge in [-0.1, -0.05) is 75.4 Å². The number of rotatable bonds is 5. The molecule has 22 heavy (non-hydrogen) atoms. The lowest BCUT2D eigenvalue weighted by Gasteiger charge is -2.20. The lowest BCUT2D eigenvalue weighted by atomic mass is 9.85. The molecule has 0 heterocycles. The maximum absolute atomic E-state index is 11.6. The summed E-state index contributed by atoms with van der Waals surface area (Å²) >= 11 is 0. The molecule has 0 amide bonds. The fourth-order valence-corrected chi connectivity index (χ4v) is 2.60. The van der Waals surface area contributed by atoms with E-state index in [0.29, 0.717) is 6.42 Å². The van der Waals surface area contributed by atoms with Crippen molar-refractivity contribution in [3.05, 3.63) is 71.3 Å². The quantitative estimate of drug-likeness (QED) is 0.861. The predicted octanol–water partition coefficient (Wildman–Crippen LogP) is 4.79. The predicted molar refractivity (Wildman–Crippen MR) is 90.3 cm³/mol. The Morgan fingerprint density at radius 2 is 1.59 bits per heavy atom. The van der Waals surface area contributed by atoms with Crippen LogP contribution in [0.25, 0.3) is 0 Å². The van der Waals surface area contributed by atoms with E-state index in [0.717, 1.165) is 12.0 Å². The summed E-state index contributed by atoms with van der Waals surface area (Å²) in [6.45, 7) is 6.48. The molecule has 0 aliphatic rings. The number of hydrogen-bond acceptors (Lipinski definition) is 1. The van der Waals surface area contributed by atoms with Gasteiger partial charge in [0, 0.05) is 0 Å². The SMILES string of the molecule is CC(C)(C)c1ccc(C(CCc2ccccc2)C(=O)O)cc1. The lowest BCUT2D eigenvalue weighted by molar-refractivity contribution is -0.138. The van der Waals surface area contributed by atoms with E-state index in [9.17, 15) is 9.90 Å². The van der Waals surface area contributed by atoms with Crippen molar-refractivity contribution in [1.29, 1.82) is 0 Å². The first-order chi connectivity index (χ1) is 10.4. The summed E-state index contributed by atoms with van der Waals surface area (Å²) < 4.78 is 0. The van der Waals surface area contributed by atoms with Crippen molar-refractivity contribution in [2.24, 2.45) is 0 Å². The third-order valence-electron chi connectivity index (χ3n) is 4.04. The molecule has 1 unspecified atom stereocenters. The van der Waals surface area contributed by atoms with Crippen LogP contribution in [0.15, 0.2) is 54.6 Å². The Morgan fingerprint density at radius 1 is 1.00 bits per heavy atom. The highest BCUT2D eigenvalue weighted by molar-refractivity contribution is 5.76. The zero-order valence-electron chi connectivity index (χ0n) is 13.5. The van der Waals surface area contributed by atoms with Crippen LogP contribution in [0.2, 0.25) is 0 Å². The van der Waals surface area contributed by atoms with Crippen LogP contribution in [0.1, 0.15) is 49.8 Å². The van der Waals surface area contributed by atoms with Gasteiger partial charge in [0.25, 0.3) is 0 Å². The molecule has 1 atom stereocenters. The summed E-state index contributed by atoms with van der Waals surface area (Å²) in [6, 6.07) is 18.1. The highest BCUT2D eigenvalue weighted by Gasteiger charge is 2.21. The maximum Gasteiger partial charge on any atom is 0.310 e. The highest BCUT2D eigenvalue weighted by Crippen LogP contribution is 2.27. The number of carbonyl (C=O) groups is 1. The Morgan fingerprint density at radius 3 is 2.09 bits per heavy atom. The molecular weight excluding hydrogens is 272 g/mol. The average Bonchev–Trinajstić information content (AvgIpc) is 2.48. The van der Waals surface area contributed by atoms with Crippen molar-refractivity contribution in [3.8, 4) is 0 Å². The molecule has 0 aliphatic heterocycles. The molecule has 2 heteroatoms. The first-order valence-electron chi connectivity index (χ1n) is 7.75. The van der Waals surface area contributed by atoms with Crippen molar-refractivity contribution in [2.75, 3.05) is 0 Å². The summed E-state index contributed by atoms with van der Waals surface area (Å²) in [6.07, 6.45) is 1.40. The van der Waals surface area contributed by atoms with E-state index in [-0.39, 0.29) is 5.41 Å². The van der Waals surface area contributed by atoms with Gasteiger partial charge in [-0.05, 0) is 34.9 Å². The van der Waals surface area contributed by atoms with Gasteiger partial charge < -0.3 is 5.11 Å². The van der Waals surface area contributed by atoms with E-state index in [2.05, 4.69) is 20.8 Å². The molecule has 1 N–H and O–H groups in total. The third-order valence-corrected chi connectivity index (χ3v) is 4.04. The van der Waals surface area contributed by atoms with Crippen LogP contribution in [-0.2, 0) is 16.6 Å². The number of carboxylic acid groups (broad SMARTS) is 1. The zero-order valence-corrected chi connectivity index (χ0v) is 13.5. The van der Waals surface area contributed by atoms with E-state index in [1.54, 1.807) is 0 Å². The van der Waals surface area contributed by atoms with Crippen molar-refractivity contribution >= 4 is 5.97 Å². The number of aliphatic carboxylic acids is 1. The summed E-state index contributed by atoms with van der Waals surface area (Å²) in [7, 11) is 0. The number of carboxylic acids is 1. The van der Waals surface area contributed by atoms with Crippen LogP contribution in [0.4, 0.5) is 0 Å². The second-order valence-corrected chi connectivity index (χ2v) is 6.79. The molecule has 0 radical (unpaired) electrons. The Bertz CT molecular complexity index is 606. The first-order valence-corrected chi connectivity index (χ1v) is 7.75. The molecule has 116 valence electrons. The van der Waals surface area contributed by atoms with Gasteiger partial charge in [-0.25, -0.2) is 0 Å². The van der Waals surface area contributed by atoms with Crippen molar-refractivity contribution in [1.82, 2.24) is 0 Å². The summed E-state index contributed by atoms with van der Waals surface area (Å²) in [5.41, 5.74) is 3.38. The van der Waals surface area contributed by atoms with E-state index in [4.69, 9.17) is 0 Å². The molecule has 0 saturated carbocycles. The summed E-state index contributed by atoms with van der Waals surface area (Å²) in [4.78, 5) is 11.6. The van der Waals surface area contributed by atoms with Crippen LogP contribution in [0.5, 0.6) is 0 Å². The van der Waals surface area contributed by atoms with Crippen LogP contribution < -0.4 is 0 Å². The summed E-state index contributed by atoms with van der Waals surface area (Å²) in [5, 5.41) is 9.53. The molecule has 0 bridgehead atoms. The second-order valence-electron chi connectivity index (χ2n) is 6.79. The van der Waals surface area contributed by atoms with Gasteiger partial charge in [-0.2, -0.15) is 0 Å². The Hall–Kier alpha value is -2.09.